The fourth-order valence-electron chi connectivity index (χ4n) is 3.61. The first-order valence-electron chi connectivity index (χ1n) is 9.42. The highest BCUT2D eigenvalue weighted by atomic mass is 19.1. The Kier molecular flexibility index (Phi) is 5.90. The summed E-state index contributed by atoms with van der Waals surface area (Å²) in [6, 6.07) is 18.1. The van der Waals surface area contributed by atoms with Gasteiger partial charge in [-0.1, -0.05) is 75.2 Å². The lowest BCUT2D eigenvalue weighted by molar-refractivity contribution is 0.522. The second-order valence-electron chi connectivity index (χ2n) is 7.19. The molecule has 0 aliphatic carbocycles. The number of nitrogens with two attached hydrogens (primary N) is 1. The molecule has 3 aromatic carbocycles. The normalized spacial score (nSPS) is 12.1. The minimum atomic E-state index is -0.732. The third kappa shape index (κ3) is 4.36. The van der Waals surface area contributed by atoms with Crippen LogP contribution in [0.25, 0.3) is 22.3 Å². The Morgan fingerprint density at radius 1 is 0.889 bits per heavy atom. The molecule has 0 saturated carbocycles. The Morgan fingerprint density at radius 2 is 1.63 bits per heavy atom. The Hall–Kier alpha value is -2.68. The van der Waals surface area contributed by atoms with Gasteiger partial charge in [0.25, 0.3) is 0 Å². The van der Waals surface area contributed by atoms with E-state index >= 15 is 0 Å². The second-order valence-corrected chi connectivity index (χ2v) is 7.19. The molecule has 27 heavy (non-hydrogen) atoms. The highest BCUT2D eigenvalue weighted by Crippen LogP contribution is 2.37. The first kappa shape index (κ1) is 19.1. The predicted molar refractivity (Wildman–Crippen MR) is 109 cm³/mol. The molecule has 140 valence electrons. The van der Waals surface area contributed by atoms with Gasteiger partial charge in [-0.05, 0) is 40.7 Å². The summed E-state index contributed by atoms with van der Waals surface area (Å²) >= 11 is 0. The maximum Gasteiger partial charge on any atom is 0.149 e. The lowest BCUT2D eigenvalue weighted by Gasteiger charge is -2.16. The van der Waals surface area contributed by atoms with Crippen LogP contribution in [-0.4, -0.2) is 0 Å². The van der Waals surface area contributed by atoms with Gasteiger partial charge < -0.3 is 5.73 Å². The Balaban J connectivity index is 2.14. The van der Waals surface area contributed by atoms with E-state index in [0.29, 0.717) is 11.5 Å². The second kappa shape index (κ2) is 8.34. The zero-order valence-corrected chi connectivity index (χ0v) is 15.8. The number of anilines is 1. The molecular weight excluding hydrogens is 340 g/mol. The Morgan fingerprint density at radius 3 is 2.33 bits per heavy atom. The van der Waals surface area contributed by atoms with E-state index in [1.54, 1.807) is 0 Å². The molecule has 0 fully saturated rings. The monoisotopic (exact) mass is 365 g/mol. The van der Waals surface area contributed by atoms with E-state index in [1.165, 1.54) is 18.1 Å². The number of nitrogen functional groups attached to an aromatic ring is 1. The molecule has 1 nitrogen and oxygen atoms in total. The van der Waals surface area contributed by atoms with Gasteiger partial charge in [0.2, 0.25) is 0 Å². The van der Waals surface area contributed by atoms with Gasteiger partial charge in [0.05, 0.1) is 5.69 Å². The topological polar surface area (TPSA) is 26.0 Å². The predicted octanol–water partition coefficient (Wildman–Crippen LogP) is 6.86. The molecule has 2 N–H and O–H groups in total. The fraction of sp³-hybridized carbons (Fsp3) is 0.250. The molecule has 0 aliphatic heterocycles. The average Bonchev–Trinajstić information content (AvgIpc) is 2.65. The molecule has 0 aromatic heterocycles. The molecule has 0 radical (unpaired) electrons. The van der Waals surface area contributed by atoms with E-state index in [2.05, 4.69) is 19.9 Å². The standard InChI is InChI=1S/C24H25F2N/c1-3-7-16(2)12-17-10-11-20(21(13-17)18-8-5-4-6-9-18)22-14-19(25)15-23(26)24(22)27/h4-6,8-11,13-16H,3,7,12,27H2,1-2H3/t16-/m1/s1. The van der Waals surface area contributed by atoms with Gasteiger partial charge >= 0.3 is 0 Å². The van der Waals surface area contributed by atoms with Gasteiger partial charge in [-0.25, -0.2) is 8.78 Å². The molecule has 1 atom stereocenters. The first-order chi connectivity index (χ1) is 13.0. The quantitative estimate of drug-likeness (QED) is 0.474. The van der Waals surface area contributed by atoms with Crippen LogP contribution in [0.3, 0.4) is 0 Å². The average molecular weight is 365 g/mol. The molecule has 0 heterocycles. The van der Waals surface area contributed by atoms with Crippen molar-refractivity contribution in [2.24, 2.45) is 5.92 Å². The largest absolute Gasteiger partial charge is 0.396 e. The summed E-state index contributed by atoms with van der Waals surface area (Å²) in [5.41, 5.74) is 10.2. The number of rotatable bonds is 6. The van der Waals surface area contributed by atoms with Crippen molar-refractivity contribution < 1.29 is 8.78 Å². The molecule has 0 amide bonds. The van der Waals surface area contributed by atoms with Crippen molar-refractivity contribution in [2.45, 2.75) is 33.1 Å². The van der Waals surface area contributed by atoms with Crippen molar-refractivity contribution in [3.63, 3.8) is 0 Å². The van der Waals surface area contributed by atoms with Gasteiger partial charge in [0, 0.05) is 11.6 Å². The Bertz CT molecular complexity index is 919. The van der Waals surface area contributed by atoms with Gasteiger partial charge in [0.1, 0.15) is 11.6 Å². The SMILES string of the molecule is CCC[C@@H](C)Cc1ccc(-c2cc(F)cc(F)c2N)c(-c2ccccc2)c1. The van der Waals surface area contributed by atoms with Crippen LogP contribution >= 0.6 is 0 Å². The minimum Gasteiger partial charge on any atom is -0.396 e. The smallest absolute Gasteiger partial charge is 0.149 e. The summed E-state index contributed by atoms with van der Waals surface area (Å²) in [5, 5.41) is 0. The van der Waals surface area contributed by atoms with E-state index < -0.39 is 11.6 Å². The van der Waals surface area contributed by atoms with Crippen LogP contribution in [-0.2, 0) is 6.42 Å². The molecule has 3 rings (SSSR count). The number of benzene rings is 3. The van der Waals surface area contributed by atoms with Crippen LogP contribution in [0.1, 0.15) is 32.3 Å². The van der Waals surface area contributed by atoms with Gasteiger partial charge in [0.15, 0.2) is 0 Å². The van der Waals surface area contributed by atoms with Crippen molar-refractivity contribution >= 4 is 5.69 Å². The summed E-state index contributed by atoms with van der Waals surface area (Å²) in [7, 11) is 0. The maximum atomic E-state index is 14.0. The first-order valence-corrected chi connectivity index (χ1v) is 9.42. The van der Waals surface area contributed by atoms with E-state index in [1.807, 2.05) is 42.5 Å². The highest BCUT2D eigenvalue weighted by Gasteiger charge is 2.16. The lowest BCUT2D eigenvalue weighted by Crippen LogP contribution is -2.01. The van der Waals surface area contributed by atoms with Crippen molar-refractivity contribution in [1.29, 1.82) is 0 Å². The van der Waals surface area contributed by atoms with E-state index in [-0.39, 0.29) is 5.69 Å². The fourth-order valence-corrected chi connectivity index (χ4v) is 3.61. The summed E-state index contributed by atoms with van der Waals surface area (Å²) < 4.78 is 27.9. The number of halogens is 2. The molecular formula is C24H25F2N. The molecule has 3 aromatic rings. The zero-order chi connectivity index (χ0) is 19.4. The highest BCUT2D eigenvalue weighted by molar-refractivity contribution is 5.89. The van der Waals surface area contributed by atoms with Crippen molar-refractivity contribution in [2.75, 3.05) is 5.73 Å². The van der Waals surface area contributed by atoms with Crippen LogP contribution < -0.4 is 5.73 Å². The lowest BCUT2D eigenvalue weighted by atomic mass is 9.89. The van der Waals surface area contributed by atoms with Crippen molar-refractivity contribution in [1.82, 2.24) is 0 Å². The number of hydrogen-bond acceptors (Lipinski definition) is 1. The maximum absolute atomic E-state index is 14.0. The van der Waals surface area contributed by atoms with Crippen LogP contribution in [0.2, 0.25) is 0 Å². The Labute approximate surface area is 159 Å². The third-order valence-corrected chi connectivity index (χ3v) is 4.92. The minimum absolute atomic E-state index is 0.0271. The van der Waals surface area contributed by atoms with Crippen molar-refractivity contribution in [3.05, 3.63) is 77.9 Å². The summed E-state index contributed by atoms with van der Waals surface area (Å²) in [6.07, 6.45) is 3.30. The van der Waals surface area contributed by atoms with Crippen molar-refractivity contribution in [3.8, 4) is 22.3 Å². The summed E-state index contributed by atoms with van der Waals surface area (Å²) in [5.74, 6) is -0.776. The summed E-state index contributed by atoms with van der Waals surface area (Å²) in [6.45, 7) is 4.44. The van der Waals surface area contributed by atoms with E-state index in [0.717, 1.165) is 35.6 Å². The van der Waals surface area contributed by atoms with Gasteiger partial charge in [-0.2, -0.15) is 0 Å². The number of hydrogen-bond donors (Lipinski definition) is 1. The van der Waals surface area contributed by atoms with Crippen LogP contribution in [0.4, 0.5) is 14.5 Å². The molecule has 0 bridgehead atoms. The molecule has 0 aliphatic rings. The van der Waals surface area contributed by atoms with Crippen LogP contribution in [0.5, 0.6) is 0 Å². The zero-order valence-electron chi connectivity index (χ0n) is 15.8. The third-order valence-electron chi connectivity index (χ3n) is 4.92. The van der Waals surface area contributed by atoms with E-state index in [9.17, 15) is 8.78 Å². The van der Waals surface area contributed by atoms with Gasteiger partial charge in [-0.15, -0.1) is 0 Å². The molecule has 3 heteroatoms. The van der Waals surface area contributed by atoms with E-state index in [4.69, 9.17) is 5.73 Å². The van der Waals surface area contributed by atoms with Crippen LogP contribution in [0, 0.1) is 17.6 Å². The molecule has 0 spiro atoms. The molecule has 0 saturated heterocycles. The van der Waals surface area contributed by atoms with Crippen LogP contribution in [0.15, 0.2) is 60.7 Å². The molecule has 0 unspecified atom stereocenters. The summed E-state index contributed by atoms with van der Waals surface area (Å²) in [4.78, 5) is 0. The van der Waals surface area contributed by atoms with Gasteiger partial charge in [-0.3, -0.25) is 0 Å².